The molecule has 2 aromatic rings. The summed E-state index contributed by atoms with van der Waals surface area (Å²) in [4.78, 5) is 2.56. The van der Waals surface area contributed by atoms with Crippen LogP contribution in [0, 0.1) is 0 Å². The molecule has 0 aliphatic carbocycles. The second-order valence-corrected chi connectivity index (χ2v) is 14.2. The van der Waals surface area contributed by atoms with E-state index in [1.165, 1.54) is 16.8 Å². The lowest BCUT2D eigenvalue weighted by Gasteiger charge is -2.44. The molecule has 2 heterocycles. The van der Waals surface area contributed by atoms with Gasteiger partial charge in [0.1, 0.15) is 0 Å². The van der Waals surface area contributed by atoms with E-state index in [4.69, 9.17) is 4.43 Å². The quantitative estimate of drug-likeness (QED) is 0.741. The van der Waals surface area contributed by atoms with Gasteiger partial charge in [-0.1, -0.05) is 81.4 Å². The third-order valence-corrected chi connectivity index (χ3v) is 12.2. The van der Waals surface area contributed by atoms with Gasteiger partial charge in [-0.3, -0.25) is 4.90 Å². The van der Waals surface area contributed by atoms with Gasteiger partial charge < -0.3 is 9.53 Å². The molecule has 0 spiro atoms. The first-order chi connectivity index (χ1) is 13.9. The molecule has 2 aromatic carbocycles. The highest BCUT2D eigenvalue weighted by Gasteiger charge is 2.53. The van der Waals surface area contributed by atoms with Crippen molar-refractivity contribution in [3.63, 3.8) is 0 Å². The molecular weight excluding hydrogens is 374 g/mol. The van der Waals surface area contributed by atoms with Crippen LogP contribution in [-0.2, 0) is 4.43 Å². The van der Waals surface area contributed by atoms with Crippen molar-refractivity contribution in [3.8, 4) is 0 Å². The molecule has 4 heteroatoms. The number of benzene rings is 2. The Hall–Kier alpha value is -1.46. The lowest BCUT2D eigenvalue weighted by molar-refractivity contribution is 0.0614. The molecule has 2 aliphatic rings. The smallest absolute Gasteiger partial charge is 0.261 e. The predicted octanol–water partition coefficient (Wildman–Crippen LogP) is 3.55. The zero-order valence-corrected chi connectivity index (χ0v) is 19.1. The summed E-state index contributed by atoms with van der Waals surface area (Å²) in [5.41, 5.74) is 0.0134. The Kier molecular flexibility index (Phi) is 5.73. The Bertz CT molecular complexity index is 765. The summed E-state index contributed by atoms with van der Waals surface area (Å²) in [6.07, 6.45) is 4.53. The van der Waals surface area contributed by atoms with E-state index in [1.807, 2.05) is 0 Å². The first-order valence-electron chi connectivity index (χ1n) is 11.1. The van der Waals surface area contributed by atoms with Crippen LogP contribution in [0.15, 0.2) is 60.7 Å². The SMILES string of the molecule is CC(C)(C)[Si](OCC1CC[C@@]2(CO)CCCN12)(c1ccccc1)c1ccccc1. The molecular formula is C25H35NO2Si. The maximum Gasteiger partial charge on any atom is 0.261 e. The van der Waals surface area contributed by atoms with Crippen molar-refractivity contribution in [2.45, 2.75) is 63.1 Å². The van der Waals surface area contributed by atoms with Crippen LogP contribution in [0.3, 0.4) is 0 Å². The number of hydrogen-bond acceptors (Lipinski definition) is 3. The standard InChI is InChI=1S/C25H35NO2Si/c1-24(2,3)29(22-11-6-4-7-12-22,23-13-8-5-9-14-23)28-19-21-15-17-25(20-27)16-10-18-26(21)25/h4-9,11-14,21,27H,10,15-20H2,1-3H3/t21?,25-/m1/s1. The van der Waals surface area contributed by atoms with Crippen LogP contribution in [0.25, 0.3) is 0 Å². The Morgan fingerprint density at radius 1 is 1.00 bits per heavy atom. The van der Waals surface area contributed by atoms with Crippen LogP contribution in [0.5, 0.6) is 0 Å². The summed E-state index contributed by atoms with van der Waals surface area (Å²) in [6.45, 7) is 9.12. The molecule has 2 saturated heterocycles. The van der Waals surface area contributed by atoms with Gasteiger partial charge >= 0.3 is 0 Å². The minimum absolute atomic E-state index is 0.00733. The normalized spacial score (nSPS) is 25.3. The van der Waals surface area contributed by atoms with Gasteiger partial charge in [0.05, 0.1) is 13.2 Å². The van der Waals surface area contributed by atoms with E-state index in [-0.39, 0.29) is 17.2 Å². The zero-order valence-electron chi connectivity index (χ0n) is 18.1. The average molecular weight is 410 g/mol. The van der Waals surface area contributed by atoms with E-state index in [0.717, 1.165) is 32.4 Å². The van der Waals surface area contributed by atoms with E-state index < -0.39 is 8.32 Å². The second kappa shape index (κ2) is 7.99. The number of hydrogen-bond donors (Lipinski definition) is 1. The molecule has 0 radical (unpaired) electrons. The summed E-state index contributed by atoms with van der Waals surface area (Å²) in [5, 5.41) is 12.8. The molecule has 0 saturated carbocycles. The van der Waals surface area contributed by atoms with Gasteiger partial charge in [-0.05, 0) is 47.6 Å². The highest BCUT2D eigenvalue weighted by molar-refractivity contribution is 6.99. The maximum absolute atomic E-state index is 10.1. The van der Waals surface area contributed by atoms with Crippen molar-refractivity contribution in [2.75, 3.05) is 19.8 Å². The summed E-state index contributed by atoms with van der Waals surface area (Å²) < 4.78 is 7.16. The van der Waals surface area contributed by atoms with Gasteiger partial charge in [0.15, 0.2) is 0 Å². The molecule has 0 amide bonds. The topological polar surface area (TPSA) is 32.7 Å². The van der Waals surface area contributed by atoms with E-state index in [2.05, 4.69) is 86.3 Å². The number of nitrogens with zero attached hydrogens (tertiary/aromatic N) is 1. The highest BCUT2D eigenvalue weighted by atomic mass is 28.4. The van der Waals surface area contributed by atoms with Crippen LogP contribution in [0.1, 0.15) is 46.5 Å². The van der Waals surface area contributed by atoms with E-state index in [1.54, 1.807) is 0 Å². The molecule has 2 fully saturated rings. The molecule has 1 N–H and O–H groups in total. The fraction of sp³-hybridized carbons (Fsp3) is 0.520. The molecule has 4 rings (SSSR count). The average Bonchev–Trinajstić information content (AvgIpc) is 3.29. The molecule has 2 aliphatic heterocycles. The van der Waals surface area contributed by atoms with Gasteiger partial charge in [0.2, 0.25) is 0 Å². The van der Waals surface area contributed by atoms with Crippen LogP contribution in [0.4, 0.5) is 0 Å². The summed E-state index contributed by atoms with van der Waals surface area (Å²) in [7, 11) is -2.48. The predicted molar refractivity (Wildman–Crippen MR) is 122 cm³/mol. The van der Waals surface area contributed by atoms with E-state index in [9.17, 15) is 5.11 Å². The molecule has 156 valence electrons. The Morgan fingerprint density at radius 2 is 1.59 bits per heavy atom. The van der Waals surface area contributed by atoms with Crippen LogP contribution in [0.2, 0.25) is 5.04 Å². The molecule has 1 unspecified atom stereocenters. The molecule has 29 heavy (non-hydrogen) atoms. The molecule has 0 aromatic heterocycles. The third kappa shape index (κ3) is 3.50. The molecule has 0 bridgehead atoms. The van der Waals surface area contributed by atoms with Gasteiger partial charge in [-0.2, -0.15) is 0 Å². The number of aliphatic hydroxyl groups excluding tert-OH is 1. The molecule has 2 atom stereocenters. The summed E-state index contributed by atoms with van der Waals surface area (Å²) in [6, 6.07) is 22.2. The van der Waals surface area contributed by atoms with Gasteiger partial charge in [-0.15, -0.1) is 0 Å². The van der Waals surface area contributed by atoms with Crippen molar-refractivity contribution >= 4 is 18.7 Å². The largest absolute Gasteiger partial charge is 0.406 e. The number of rotatable bonds is 6. The number of fused-ring (bicyclic) bond motifs is 1. The second-order valence-electron chi connectivity index (χ2n) is 9.85. The minimum atomic E-state index is -2.48. The fourth-order valence-corrected chi connectivity index (χ4v) is 10.4. The zero-order chi connectivity index (χ0) is 20.5. The molecule has 3 nitrogen and oxygen atoms in total. The van der Waals surface area contributed by atoms with Crippen molar-refractivity contribution in [2.24, 2.45) is 0 Å². The lowest BCUT2D eigenvalue weighted by Crippen LogP contribution is -2.67. The summed E-state index contributed by atoms with van der Waals surface area (Å²) >= 11 is 0. The first kappa shape index (κ1) is 20.8. The summed E-state index contributed by atoms with van der Waals surface area (Å²) in [5.74, 6) is 0. The van der Waals surface area contributed by atoms with Crippen molar-refractivity contribution in [1.82, 2.24) is 4.90 Å². The van der Waals surface area contributed by atoms with Gasteiger partial charge in [-0.25, -0.2) is 0 Å². The monoisotopic (exact) mass is 409 g/mol. The van der Waals surface area contributed by atoms with Crippen LogP contribution >= 0.6 is 0 Å². The Balaban J connectivity index is 1.70. The number of aliphatic hydroxyl groups is 1. The van der Waals surface area contributed by atoms with E-state index in [0.29, 0.717) is 6.04 Å². The van der Waals surface area contributed by atoms with Gasteiger partial charge in [0.25, 0.3) is 8.32 Å². The van der Waals surface area contributed by atoms with Crippen LogP contribution < -0.4 is 10.4 Å². The fourth-order valence-electron chi connectivity index (χ4n) is 5.79. The van der Waals surface area contributed by atoms with Gasteiger partial charge in [0, 0.05) is 11.6 Å². The van der Waals surface area contributed by atoms with Crippen molar-refractivity contribution in [3.05, 3.63) is 60.7 Å². The van der Waals surface area contributed by atoms with Crippen LogP contribution in [-0.4, -0.2) is 49.7 Å². The van der Waals surface area contributed by atoms with Crippen molar-refractivity contribution in [1.29, 1.82) is 0 Å². The third-order valence-electron chi connectivity index (χ3n) is 7.24. The first-order valence-corrected chi connectivity index (χ1v) is 13.0. The van der Waals surface area contributed by atoms with Crippen molar-refractivity contribution < 1.29 is 9.53 Å². The van der Waals surface area contributed by atoms with E-state index >= 15 is 0 Å². The minimum Gasteiger partial charge on any atom is -0.406 e. The Labute approximate surface area is 176 Å². The Morgan fingerprint density at radius 3 is 2.10 bits per heavy atom. The maximum atomic E-state index is 10.1. The highest BCUT2D eigenvalue weighted by Crippen LogP contribution is 2.43. The lowest BCUT2D eigenvalue weighted by atomic mass is 9.95.